The van der Waals surface area contributed by atoms with E-state index in [9.17, 15) is 13.6 Å². The van der Waals surface area contributed by atoms with Gasteiger partial charge in [-0.2, -0.15) is 0 Å². The largest absolute Gasteiger partial charge is 0.424 e. The maximum Gasteiger partial charge on any atom is 0.308 e. The molecule has 0 amide bonds. The third-order valence-electron chi connectivity index (χ3n) is 5.83. The SMILES string of the molecule is CC(=O)Oc1cn(-c2ccc(F)cc2)c2ccc(Cl)cc12.Fc1ccc(-c2cc3cc(Cl)ccc3[nH]2)cc1. The number of halogens is 4. The van der Waals surface area contributed by atoms with E-state index in [0.29, 0.717) is 15.8 Å². The summed E-state index contributed by atoms with van der Waals surface area (Å²) in [6, 6.07) is 25.5. The number of carbonyl (C=O) groups is 1. The van der Waals surface area contributed by atoms with Crippen molar-refractivity contribution in [3.63, 3.8) is 0 Å². The molecule has 8 heteroatoms. The molecule has 0 spiro atoms. The van der Waals surface area contributed by atoms with Crippen LogP contribution in [0.5, 0.6) is 5.75 Å². The second kappa shape index (κ2) is 10.7. The van der Waals surface area contributed by atoms with Gasteiger partial charge in [-0.3, -0.25) is 4.79 Å². The molecule has 6 rings (SSSR count). The third-order valence-corrected chi connectivity index (χ3v) is 6.30. The Labute approximate surface area is 227 Å². The van der Waals surface area contributed by atoms with Gasteiger partial charge in [0.15, 0.2) is 5.75 Å². The number of ether oxygens (including phenoxy) is 1. The lowest BCUT2D eigenvalue weighted by atomic mass is 10.1. The number of rotatable bonds is 3. The normalized spacial score (nSPS) is 10.9. The number of aromatic nitrogens is 2. The van der Waals surface area contributed by atoms with Crippen molar-refractivity contribution >= 4 is 51.0 Å². The Bertz CT molecular complexity index is 1760. The predicted octanol–water partition coefficient (Wildman–Crippen LogP) is 8.98. The van der Waals surface area contributed by atoms with E-state index in [1.807, 2.05) is 34.9 Å². The average Bonchev–Trinajstić information content (AvgIpc) is 3.46. The van der Waals surface area contributed by atoms with Crippen molar-refractivity contribution in [2.75, 3.05) is 0 Å². The van der Waals surface area contributed by atoms with Crippen LogP contribution >= 0.6 is 23.2 Å². The molecule has 0 fully saturated rings. The van der Waals surface area contributed by atoms with Crippen LogP contribution in [0.25, 0.3) is 38.8 Å². The smallest absolute Gasteiger partial charge is 0.308 e. The van der Waals surface area contributed by atoms with Gasteiger partial charge in [-0.25, -0.2) is 8.78 Å². The molecule has 0 aliphatic carbocycles. The number of esters is 1. The molecule has 0 unspecified atom stereocenters. The summed E-state index contributed by atoms with van der Waals surface area (Å²) in [5.41, 5.74) is 4.53. The van der Waals surface area contributed by atoms with Crippen LogP contribution in [-0.2, 0) is 4.79 Å². The van der Waals surface area contributed by atoms with Crippen molar-refractivity contribution in [2.45, 2.75) is 6.92 Å². The Balaban J connectivity index is 0.000000158. The van der Waals surface area contributed by atoms with E-state index in [-0.39, 0.29) is 11.6 Å². The van der Waals surface area contributed by atoms with Gasteiger partial charge in [-0.05, 0) is 96.6 Å². The van der Waals surface area contributed by atoms with Crippen molar-refractivity contribution in [3.8, 4) is 22.7 Å². The van der Waals surface area contributed by atoms with Gasteiger partial charge in [0.2, 0.25) is 0 Å². The Morgan fingerprint density at radius 2 is 1.45 bits per heavy atom. The lowest BCUT2D eigenvalue weighted by molar-refractivity contribution is -0.131. The zero-order valence-electron chi connectivity index (χ0n) is 20.0. The Hall–Kier alpha value is -4.13. The summed E-state index contributed by atoms with van der Waals surface area (Å²) in [5, 5.41) is 3.04. The lowest BCUT2D eigenvalue weighted by Crippen LogP contribution is -2.00. The first-order valence-electron chi connectivity index (χ1n) is 11.6. The molecule has 0 aliphatic heterocycles. The first-order chi connectivity index (χ1) is 18.3. The number of H-pyrrole nitrogens is 1. The minimum absolute atomic E-state index is 0.229. The zero-order valence-corrected chi connectivity index (χ0v) is 21.5. The summed E-state index contributed by atoms with van der Waals surface area (Å²) < 4.78 is 32.9. The van der Waals surface area contributed by atoms with Gasteiger partial charge < -0.3 is 14.3 Å². The highest BCUT2D eigenvalue weighted by molar-refractivity contribution is 6.31. The van der Waals surface area contributed by atoms with Crippen LogP contribution in [0.2, 0.25) is 10.0 Å². The van der Waals surface area contributed by atoms with Crippen molar-refractivity contribution in [1.29, 1.82) is 0 Å². The van der Waals surface area contributed by atoms with Crippen LogP contribution in [0.1, 0.15) is 6.92 Å². The van der Waals surface area contributed by atoms with Crippen molar-refractivity contribution in [3.05, 3.63) is 119 Å². The molecule has 38 heavy (non-hydrogen) atoms. The van der Waals surface area contributed by atoms with Crippen molar-refractivity contribution < 1.29 is 18.3 Å². The molecule has 1 N–H and O–H groups in total. The van der Waals surface area contributed by atoms with E-state index >= 15 is 0 Å². The minimum atomic E-state index is -0.409. The Morgan fingerprint density at radius 1 is 0.816 bits per heavy atom. The highest BCUT2D eigenvalue weighted by atomic mass is 35.5. The minimum Gasteiger partial charge on any atom is -0.424 e. The summed E-state index contributed by atoms with van der Waals surface area (Å²) in [7, 11) is 0. The maximum absolute atomic E-state index is 13.1. The number of hydrogen-bond acceptors (Lipinski definition) is 2. The van der Waals surface area contributed by atoms with E-state index in [1.54, 1.807) is 42.6 Å². The zero-order chi connectivity index (χ0) is 26.8. The molecule has 4 nitrogen and oxygen atoms in total. The van der Waals surface area contributed by atoms with E-state index < -0.39 is 5.97 Å². The number of nitrogens with zero attached hydrogens (tertiary/aromatic N) is 1. The summed E-state index contributed by atoms with van der Waals surface area (Å²) in [6.45, 7) is 1.34. The number of fused-ring (bicyclic) bond motifs is 2. The Morgan fingerprint density at radius 3 is 2.13 bits per heavy atom. The van der Waals surface area contributed by atoms with Crippen LogP contribution in [0.15, 0.2) is 97.2 Å². The standard InChI is InChI=1S/C16H11ClFNO2.C14H9ClFN/c1-10(20)21-16-9-19(13-5-3-12(18)4-6-13)15-7-2-11(17)8-14(15)16;15-11-3-6-13-10(7-11)8-14(17-13)9-1-4-12(16)5-2-9/h2-9H,1H3;1-8,17H. The number of hydrogen-bond donors (Lipinski definition) is 1. The van der Waals surface area contributed by atoms with Crippen LogP contribution in [-0.4, -0.2) is 15.5 Å². The van der Waals surface area contributed by atoms with Crippen LogP contribution < -0.4 is 4.74 Å². The quantitative estimate of drug-likeness (QED) is 0.224. The van der Waals surface area contributed by atoms with Gasteiger partial charge >= 0.3 is 5.97 Å². The summed E-state index contributed by atoms with van der Waals surface area (Å²) in [6.07, 6.45) is 1.69. The lowest BCUT2D eigenvalue weighted by Gasteiger charge is -2.04. The number of benzene rings is 4. The van der Waals surface area contributed by atoms with Gasteiger partial charge in [0.25, 0.3) is 0 Å². The maximum atomic E-state index is 13.1. The fourth-order valence-electron chi connectivity index (χ4n) is 4.11. The summed E-state index contributed by atoms with van der Waals surface area (Å²) >= 11 is 11.9. The van der Waals surface area contributed by atoms with E-state index in [4.69, 9.17) is 27.9 Å². The topological polar surface area (TPSA) is 47.0 Å². The molecular weight excluding hydrogens is 529 g/mol. The first kappa shape index (κ1) is 25.5. The predicted molar refractivity (Wildman–Crippen MR) is 148 cm³/mol. The van der Waals surface area contributed by atoms with Gasteiger partial charge in [-0.1, -0.05) is 23.2 Å². The van der Waals surface area contributed by atoms with Crippen molar-refractivity contribution in [1.82, 2.24) is 9.55 Å². The van der Waals surface area contributed by atoms with E-state index in [1.165, 1.54) is 31.2 Å². The van der Waals surface area contributed by atoms with Crippen LogP contribution in [0, 0.1) is 11.6 Å². The number of nitrogens with one attached hydrogen (secondary N) is 1. The van der Waals surface area contributed by atoms with Gasteiger partial charge in [0.05, 0.1) is 11.7 Å². The van der Waals surface area contributed by atoms with E-state index in [2.05, 4.69) is 4.98 Å². The molecule has 4 aromatic carbocycles. The highest BCUT2D eigenvalue weighted by Crippen LogP contribution is 2.33. The van der Waals surface area contributed by atoms with Gasteiger partial charge in [0, 0.05) is 44.6 Å². The van der Waals surface area contributed by atoms with Gasteiger partial charge in [0.1, 0.15) is 11.6 Å². The van der Waals surface area contributed by atoms with Crippen LogP contribution in [0.4, 0.5) is 8.78 Å². The Kier molecular flexibility index (Phi) is 7.18. The first-order valence-corrected chi connectivity index (χ1v) is 12.3. The molecule has 0 aliphatic rings. The molecule has 6 aromatic rings. The number of carbonyl (C=O) groups excluding carboxylic acids is 1. The molecule has 190 valence electrons. The molecule has 2 heterocycles. The second-order valence-electron chi connectivity index (χ2n) is 8.52. The molecule has 0 saturated heterocycles. The fourth-order valence-corrected chi connectivity index (χ4v) is 4.46. The second-order valence-corrected chi connectivity index (χ2v) is 9.39. The molecule has 0 saturated carbocycles. The average molecular weight is 549 g/mol. The number of aromatic amines is 1. The van der Waals surface area contributed by atoms with Crippen LogP contribution in [0.3, 0.4) is 0 Å². The molecule has 0 atom stereocenters. The van der Waals surface area contributed by atoms with Crippen molar-refractivity contribution in [2.24, 2.45) is 0 Å². The highest BCUT2D eigenvalue weighted by Gasteiger charge is 2.13. The van der Waals surface area contributed by atoms with Gasteiger partial charge in [-0.15, -0.1) is 0 Å². The molecule has 2 aromatic heterocycles. The third kappa shape index (κ3) is 5.57. The molecular formula is C30H20Cl2F2N2O2. The monoisotopic (exact) mass is 548 g/mol. The fraction of sp³-hybridized carbons (Fsp3) is 0.0333. The molecule has 0 radical (unpaired) electrons. The summed E-state index contributed by atoms with van der Waals surface area (Å²) in [4.78, 5) is 14.5. The summed E-state index contributed by atoms with van der Waals surface area (Å²) in [5.74, 6) is -0.524. The molecule has 0 bridgehead atoms. The van der Waals surface area contributed by atoms with E-state index in [0.717, 1.165) is 38.8 Å².